The second kappa shape index (κ2) is 14.2. The second-order valence-corrected chi connectivity index (χ2v) is 12.1. The van der Waals surface area contributed by atoms with Gasteiger partial charge in [-0.25, -0.2) is 12.8 Å². The van der Waals surface area contributed by atoms with E-state index in [0.717, 1.165) is 33.4 Å². The number of unbranched alkanes of at least 4 members (excludes halogenated alkanes) is 1. The molecule has 3 aromatic rings. The van der Waals surface area contributed by atoms with Gasteiger partial charge in [-0.1, -0.05) is 71.7 Å². The maximum atomic E-state index is 13.9. The van der Waals surface area contributed by atoms with Crippen LogP contribution in [0.3, 0.4) is 0 Å². The summed E-state index contributed by atoms with van der Waals surface area (Å²) in [4.78, 5) is 28.8. The van der Waals surface area contributed by atoms with E-state index in [1.165, 1.54) is 17.0 Å². The molecule has 0 aromatic heterocycles. The summed E-state index contributed by atoms with van der Waals surface area (Å²) in [5.74, 6) is -1.31. The van der Waals surface area contributed by atoms with Crippen molar-refractivity contribution in [2.24, 2.45) is 0 Å². The Morgan fingerprint density at radius 2 is 1.59 bits per heavy atom. The molecule has 10 heteroatoms. The van der Waals surface area contributed by atoms with Crippen LogP contribution in [0.1, 0.15) is 30.9 Å². The molecule has 0 aliphatic carbocycles. The molecule has 0 bridgehead atoms. The van der Waals surface area contributed by atoms with Crippen molar-refractivity contribution in [2.75, 3.05) is 23.7 Å². The van der Waals surface area contributed by atoms with Crippen LogP contribution in [0.5, 0.6) is 0 Å². The van der Waals surface area contributed by atoms with Gasteiger partial charge in [0, 0.05) is 24.0 Å². The average Bonchev–Trinajstić information content (AvgIpc) is 2.91. The summed E-state index contributed by atoms with van der Waals surface area (Å²) in [6, 6.07) is 20.6. The Kier molecular flexibility index (Phi) is 11.1. The predicted molar refractivity (Wildman–Crippen MR) is 155 cm³/mol. The van der Waals surface area contributed by atoms with E-state index in [0.29, 0.717) is 17.8 Å². The second-order valence-electron chi connectivity index (χ2n) is 9.24. The zero-order valence-corrected chi connectivity index (χ0v) is 24.4. The molecule has 3 rings (SSSR count). The fraction of sp³-hybridized carbons (Fsp3) is 0.310. The normalized spacial score (nSPS) is 12.0. The predicted octanol–water partition coefficient (Wildman–Crippen LogP) is 4.91. The first-order chi connectivity index (χ1) is 18.6. The summed E-state index contributed by atoms with van der Waals surface area (Å²) < 4.78 is 40.9. The van der Waals surface area contributed by atoms with E-state index in [4.69, 9.17) is 0 Å². The molecule has 1 atom stereocenters. The van der Waals surface area contributed by atoms with Crippen molar-refractivity contribution in [3.05, 3.63) is 100 Å². The van der Waals surface area contributed by atoms with E-state index in [9.17, 15) is 22.4 Å². The lowest BCUT2D eigenvalue weighted by molar-refractivity contribution is -0.140. The van der Waals surface area contributed by atoms with E-state index in [-0.39, 0.29) is 18.9 Å². The van der Waals surface area contributed by atoms with Crippen LogP contribution >= 0.6 is 15.9 Å². The highest BCUT2D eigenvalue weighted by molar-refractivity contribution is 9.10. The van der Waals surface area contributed by atoms with Gasteiger partial charge < -0.3 is 10.2 Å². The lowest BCUT2D eigenvalue weighted by Crippen LogP contribution is -2.53. The molecule has 7 nitrogen and oxygen atoms in total. The van der Waals surface area contributed by atoms with Gasteiger partial charge >= 0.3 is 0 Å². The summed E-state index contributed by atoms with van der Waals surface area (Å²) >= 11 is 3.34. The first-order valence-electron chi connectivity index (χ1n) is 12.7. The Labute approximate surface area is 238 Å². The molecule has 208 valence electrons. The Balaban J connectivity index is 2.01. The fourth-order valence-corrected chi connectivity index (χ4v) is 5.18. The third kappa shape index (κ3) is 9.18. The van der Waals surface area contributed by atoms with Crippen molar-refractivity contribution < 1.29 is 22.4 Å². The first-order valence-corrected chi connectivity index (χ1v) is 15.3. The van der Waals surface area contributed by atoms with Gasteiger partial charge in [0.1, 0.15) is 18.4 Å². The number of carbonyl (C=O) groups is 2. The molecule has 39 heavy (non-hydrogen) atoms. The van der Waals surface area contributed by atoms with Crippen molar-refractivity contribution in [2.45, 2.75) is 38.8 Å². The van der Waals surface area contributed by atoms with E-state index in [1.807, 2.05) is 37.3 Å². The summed E-state index contributed by atoms with van der Waals surface area (Å²) in [6.45, 7) is 1.96. The number of nitrogens with one attached hydrogen (secondary N) is 1. The third-order valence-corrected chi connectivity index (χ3v) is 7.83. The highest BCUT2D eigenvalue weighted by atomic mass is 79.9. The number of hydrogen-bond donors (Lipinski definition) is 1. The maximum absolute atomic E-state index is 13.9. The third-order valence-electron chi connectivity index (χ3n) is 6.16. The molecule has 1 unspecified atom stereocenters. The number of hydrogen-bond acceptors (Lipinski definition) is 4. The Hall–Kier alpha value is -3.24. The topological polar surface area (TPSA) is 86.8 Å². The zero-order valence-electron chi connectivity index (χ0n) is 22.0. The number of benzene rings is 3. The summed E-state index contributed by atoms with van der Waals surface area (Å²) in [5, 5.41) is 2.93. The standard InChI is InChI=1S/C29H33BrFN3O4S/c1-3-4-18-32-29(36)27(19-22-8-6-5-7-9-22)33(20-23-10-14-25(31)15-11-23)28(35)21-34(39(2,37)38)26-16-12-24(30)13-17-26/h5-17,27H,3-4,18-21H2,1-2H3,(H,32,36). The highest BCUT2D eigenvalue weighted by Crippen LogP contribution is 2.22. The van der Waals surface area contributed by atoms with E-state index in [2.05, 4.69) is 21.2 Å². The maximum Gasteiger partial charge on any atom is 0.244 e. The number of sulfonamides is 1. The molecule has 2 amide bonds. The number of carbonyl (C=O) groups excluding carboxylic acids is 2. The van der Waals surface area contributed by atoms with Gasteiger partial charge in [0.2, 0.25) is 21.8 Å². The Morgan fingerprint density at radius 1 is 0.949 bits per heavy atom. The Bertz CT molecular complexity index is 1340. The van der Waals surface area contributed by atoms with Crippen LogP contribution in [0.15, 0.2) is 83.3 Å². The van der Waals surface area contributed by atoms with E-state index >= 15 is 0 Å². The summed E-state index contributed by atoms with van der Waals surface area (Å²) in [5.41, 5.74) is 1.78. The molecule has 0 heterocycles. The minimum Gasteiger partial charge on any atom is -0.354 e. The van der Waals surface area contributed by atoms with Crippen LogP contribution in [0.4, 0.5) is 10.1 Å². The molecular formula is C29H33BrFN3O4S. The molecular weight excluding hydrogens is 585 g/mol. The van der Waals surface area contributed by atoms with Crippen LogP contribution in [0.25, 0.3) is 0 Å². The summed E-state index contributed by atoms with van der Waals surface area (Å²) in [6.07, 6.45) is 2.92. The molecule has 0 fully saturated rings. The largest absolute Gasteiger partial charge is 0.354 e. The highest BCUT2D eigenvalue weighted by Gasteiger charge is 2.33. The smallest absolute Gasteiger partial charge is 0.244 e. The lowest BCUT2D eigenvalue weighted by Gasteiger charge is -2.33. The number of halogens is 2. The summed E-state index contributed by atoms with van der Waals surface area (Å²) in [7, 11) is -3.84. The van der Waals surface area contributed by atoms with Crippen molar-refractivity contribution in [1.82, 2.24) is 10.2 Å². The van der Waals surface area contributed by atoms with Crippen molar-refractivity contribution in [3.63, 3.8) is 0 Å². The van der Waals surface area contributed by atoms with Crippen molar-refractivity contribution >= 4 is 43.5 Å². The molecule has 0 radical (unpaired) electrons. The zero-order chi connectivity index (χ0) is 28.4. The minimum absolute atomic E-state index is 0.00422. The van der Waals surface area contributed by atoms with Gasteiger partial charge in [0.05, 0.1) is 11.9 Å². The molecule has 0 saturated heterocycles. The fourth-order valence-electron chi connectivity index (χ4n) is 4.07. The molecule has 3 aromatic carbocycles. The number of rotatable bonds is 13. The number of anilines is 1. The molecule has 1 N–H and O–H groups in total. The number of nitrogens with zero attached hydrogens (tertiary/aromatic N) is 2. The van der Waals surface area contributed by atoms with Crippen LogP contribution in [-0.2, 0) is 32.6 Å². The van der Waals surface area contributed by atoms with Gasteiger partial charge in [-0.15, -0.1) is 0 Å². The first kappa shape index (κ1) is 30.3. The van der Waals surface area contributed by atoms with Crippen LogP contribution < -0.4 is 9.62 Å². The van der Waals surface area contributed by atoms with Gasteiger partial charge in [-0.05, 0) is 53.9 Å². The minimum atomic E-state index is -3.84. The molecule has 0 spiro atoms. The van der Waals surface area contributed by atoms with Crippen molar-refractivity contribution in [1.29, 1.82) is 0 Å². The SMILES string of the molecule is CCCCNC(=O)C(Cc1ccccc1)N(Cc1ccc(F)cc1)C(=O)CN(c1ccc(Br)cc1)S(C)(=O)=O. The van der Waals surface area contributed by atoms with Crippen molar-refractivity contribution in [3.8, 4) is 0 Å². The van der Waals surface area contributed by atoms with E-state index < -0.39 is 34.3 Å². The van der Waals surface area contributed by atoms with Gasteiger partial charge in [-0.2, -0.15) is 0 Å². The number of amides is 2. The Morgan fingerprint density at radius 3 is 2.18 bits per heavy atom. The van der Waals surface area contributed by atoms with Gasteiger partial charge in [0.15, 0.2) is 0 Å². The average molecular weight is 619 g/mol. The lowest BCUT2D eigenvalue weighted by atomic mass is 10.0. The van der Waals surface area contributed by atoms with Crippen LogP contribution in [0.2, 0.25) is 0 Å². The van der Waals surface area contributed by atoms with Gasteiger partial charge in [0.25, 0.3) is 0 Å². The quantitative estimate of drug-likeness (QED) is 0.276. The monoisotopic (exact) mass is 617 g/mol. The van der Waals surface area contributed by atoms with Crippen LogP contribution in [-0.4, -0.2) is 50.5 Å². The van der Waals surface area contributed by atoms with E-state index in [1.54, 1.807) is 36.4 Å². The van der Waals surface area contributed by atoms with Crippen LogP contribution in [0, 0.1) is 5.82 Å². The molecule has 0 aliphatic heterocycles. The molecule has 0 aliphatic rings. The van der Waals surface area contributed by atoms with Gasteiger partial charge in [-0.3, -0.25) is 13.9 Å². The molecule has 0 saturated carbocycles.